The van der Waals surface area contributed by atoms with Crippen LogP contribution in [0.25, 0.3) is 0 Å². The van der Waals surface area contributed by atoms with E-state index in [0.717, 1.165) is 12.5 Å². The fourth-order valence-electron chi connectivity index (χ4n) is 2.64. The Balaban J connectivity index is 2.11. The summed E-state index contributed by atoms with van der Waals surface area (Å²) in [6, 6.07) is 4.48. The number of piperidine rings is 1. The van der Waals surface area contributed by atoms with E-state index in [4.69, 9.17) is 0 Å². The van der Waals surface area contributed by atoms with E-state index in [9.17, 15) is 0 Å². The number of thiophene rings is 1. The van der Waals surface area contributed by atoms with Crippen LogP contribution in [0.4, 0.5) is 0 Å². The van der Waals surface area contributed by atoms with Crippen molar-refractivity contribution in [3.05, 3.63) is 20.8 Å². The average molecular weight is 317 g/mol. The molecule has 4 heteroatoms. The fourth-order valence-corrected chi connectivity index (χ4v) is 4.25. The van der Waals surface area contributed by atoms with Crippen LogP contribution < -0.4 is 5.32 Å². The summed E-state index contributed by atoms with van der Waals surface area (Å²) in [5.41, 5.74) is 0. The molecule has 1 aliphatic rings. The number of hydrogen-bond donors (Lipinski definition) is 1. The molecule has 0 radical (unpaired) electrons. The highest BCUT2D eigenvalue weighted by Gasteiger charge is 2.26. The van der Waals surface area contributed by atoms with Crippen molar-refractivity contribution in [1.82, 2.24) is 10.2 Å². The molecule has 1 fully saturated rings. The number of likely N-dealkylation sites (N-methyl/N-ethyl adjacent to an activating group) is 1. The van der Waals surface area contributed by atoms with Gasteiger partial charge in [-0.3, -0.25) is 0 Å². The van der Waals surface area contributed by atoms with E-state index in [1.807, 2.05) is 11.3 Å². The van der Waals surface area contributed by atoms with Crippen LogP contribution in [0.5, 0.6) is 0 Å². The lowest BCUT2D eigenvalue weighted by Gasteiger charge is -2.32. The highest BCUT2D eigenvalue weighted by atomic mass is 79.9. The van der Waals surface area contributed by atoms with Gasteiger partial charge in [0.05, 0.1) is 3.79 Å². The molecule has 1 aliphatic heterocycles. The lowest BCUT2D eigenvalue weighted by molar-refractivity contribution is 0.264. The summed E-state index contributed by atoms with van der Waals surface area (Å²) in [5, 5.41) is 3.46. The van der Waals surface area contributed by atoms with Crippen LogP contribution in [0, 0.1) is 5.92 Å². The summed E-state index contributed by atoms with van der Waals surface area (Å²) in [6.45, 7) is 3.53. The summed E-state index contributed by atoms with van der Waals surface area (Å²) in [5.74, 6) is 1.53. The maximum Gasteiger partial charge on any atom is 0.0701 e. The molecule has 1 aromatic rings. The molecule has 0 amide bonds. The molecule has 1 unspecified atom stereocenters. The quantitative estimate of drug-likeness (QED) is 0.918. The Hall–Kier alpha value is 0.1000. The number of nitrogens with zero attached hydrogens (tertiary/aromatic N) is 1. The summed E-state index contributed by atoms with van der Waals surface area (Å²) < 4.78 is 1.25. The predicted molar refractivity (Wildman–Crippen MR) is 78.9 cm³/mol. The molecule has 1 saturated heterocycles. The average Bonchev–Trinajstić information content (AvgIpc) is 2.73. The molecule has 1 atom stereocenters. The standard InChI is InChI=1S/C13H21BrN2S/c1-16(2)9-11(10-5-7-15-8-6-10)12-3-4-13(14)17-12/h3-4,10-11,15H,5-9H2,1-2H3. The molecule has 2 rings (SSSR count). The van der Waals surface area contributed by atoms with Crippen LogP contribution in [0.3, 0.4) is 0 Å². The van der Waals surface area contributed by atoms with E-state index >= 15 is 0 Å². The van der Waals surface area contributed by atoms with Gasteiger partial charge in [0.1, 0.15) is 0 Å². The molecule has 0 aromatic carbocycles. The van der Waals surface area contributed by atoms with E-state index in [2.05, 4.69) is 52.4 Å². The van der Waals surface area contributed by atoms with Crippen molar-refractivity contribution in [3.8, 4) is 0 Å². The predicted octanol–water partition coefficient (Wildman–Crippen LogP) is 3.16. The first-order valence-electron chi connectivity index (χ1n) is 6.27. The Kier molecular flexibility index (Phi) is 5.03. The van der Waals surface area contributed by atoms with Crippen molar-refractivity contribution in [2.45, 2.75) is 18.8 Å². The van der Waals surface area contributed by atoms with Crippen molar-refractivity contribution >= 4 is 27.3 Å². The van der Waals surface area contributed by atoms with E-state index < -0.39 is 0 Å². The van der Waals surface area contributed by atoms with Crippen molar-refractivity contribution in [3.63, 3.8) is 0 Å². The first kappa shape index (κ1) is 13.5. The summed E-state index contributed by atoms with van der Waals surface area (Å²) in [7, 11) is 4.35. The van der Waals surface area contributed by atoms with E-state index in [1.54, 1.807) is 0 Å². The summed E-state index contributed by atoms with van der Waals surface area (Å²) in [6.07, 6.45) is 2.63. The molecule has 0 saturated carbocycles. The Bertz CT molecular complexity index is 345. The minimum atomic E-state index is 0.698. The first-order valence-corrected chi connectivity index (χ1v) is 7.88. The largest absolute Gasteiger partial charge is 0.317 e. The van der Waals surface area contributed by atoms with Gasteiger partial charge in [0.25, 0.3) is 0 Å². The zero-order valence-corrected chi connectivity index (χ0v) is 13.0. The molecule has 1 N–H and O–H groups in total. The topological polar surface area (TPSA) is 15.3 Å². The van der Waals surface area contributed by atoms with E-state index in [0.29, 0.717) is 5.92 Å². The van der Waals surface area contributed by atoms with Gasteiger partial charge in [-0.15, -0.1) is 11.3 Å². The molecule has 96 valence electrons. The van der Waals surface area contributed by atoms with Gasteiger partial charge in [-0.05, 0) is 74.0 Å². The smallest absolute Gasteiger partial charge is 0.0701 e. The fraction of sp³-hybridized carbons (Fsp3) is 0.692. The molecule has 1 aromatic heterocycles. The number of rotatable bonds is 4. The van der Waals surface area contributed by atoms with Crippen LogP contribution in [-0.4, -0.2) is 38.6 Å². The molecule has 2 heterocycles. The van der Waals surface area contributed by atoms with Crippen molar-refractivity contribution in [2.24, 2.45) is 5.92 Å². The first-order chi connectivity index (χ1) is 8.16. The van der Waals surface area contributed by atoms with Gasteiger partial charge in [0.2, 0.25) is 0 Å². The second-order valence-electron chi connectivity index (χ2n) is 5.10. The molecule has 17 heavy (non-hydrogen) atoms. The normalized spacial score (nSPS) is 19.8. The number of nitrogens with one attached hydrogen (secondary N) is 1. The van der Waals surface area contributed by atoms with Gasteiger partial charge in [-0.25, -0.2) is 0 Å². The number of halogens is 1. The van der Waals surface area contributed by atoms with Crippen LogP contribution in [0.1, 0.15) is 23.6 Å². The summed E-state index contributed by atoms with van der Waals surface area (Å²) in [4.78, 5) is 3.86. The van der Waals surface area contributed by atoms with Crippen LogP contribution in [-0.2, 0) is 0 Å². The second-order valence-corrected chi connectivity index (χ2v) is 7.59. The van der Waals surface area contributed by atoms with Gasteiger partial charge in [-0.1, -0.05) is 0 Å². The van der Waals surface area contributed by atoms with Gasteiger partial charge in [0, 0.05) is 17.3 Å². The molecular formula is C13H21BrN2S. The van der Waals surface area contributed by atoms with Crippen LogP contribution in [0.15, 0.2) is 15.9 Å². The number of hydrogen-bond acceptors (Lipinski definition) is 3. The molecular weight excluding hydrogens is 296 g/mol. The minimum absolute atomic E-state index is 0.698. The van der Waals surface area contributed by atoms with Gasteiger partial charge in [0.15, 0.2) is 0 Å². The van der Waals surface area contributed by atoms with Gasteiger partial charge >= 0.3 is 0 Å². The second kappa shape index (κ2) is 6.32. The minimum Gasteiger partial charge on any atom is -0.317 e. The molecule has 0 aliphatic carbocycles. The molecule has 0 bridgehead atoms. The van der Waals surface area contributed by atoms with Crippen molar-refractivity contribution in [1.29, 1.82) is 0 Å². The Morgan fingerprint density at radius 2 is 2.12 bits per heavy atom. The summed E-state index contributed by atoms with van der Waals surface area (Å²) >= 11 is 5.48. The monoisotopic (exact) mass is 316 g/mol. The highest BCUT2D eigenvalue weighted by Crippen LogP contribution is 2.36. The van der Waals surface area contributed by atoms with Crippen LogP contribution in [0.2, 0.25) is 0 Å². The zero-order chi connectivity index (χ0) is 12.3. The zero-order valence-electron chi connectivity index (χ0n) is 10.6. The van der Waals surface area contributed by atoms with Gasteiger partial charge < -0.3 is 10.2 Å². The lowest BCUT2D eigenvalue weighted by atomic mass is 9.83. The third-order valence-corrected chi connectivity index (χ3v) is 5.23. The van der Waals surface area contributed by atoms with Crippen LogP contribution >= 0.6 is 27.3 Å². The lowest BCUT2D eigenvalue weighted by Crippen LogP contribution is -2.34. The van der Waals surface area contributed by atoms with Crippen molar-refractivity contribution < 1.29 is 0 Å². The Labute approximate surface area is 117 Å². The van der Waals surface area contributed by atoms with Crippen molar-refractivity contribution in [2.75, 3.05) is 33.7 Å². The SMILES string of the molecule is CN(C)CC(c1ccc(Br)s1)C1CCNCC1. The highest BCUT2D eigenvalue weighted by molar-refractivity contribution is 9.11. The molecule has 0 spiro atoms. The molecule has 2 nitrogen and oxygen atoms in total. The van der Waals surface area contributed by atoms with E-state index in [1.165, 1.54) is 34.6 Å². The Morgan fingerprint density at radius 1 is 1.41 bits per heavy atom. The van der Waals surface area contributed by atoms with E-state index in [-0.39, 0.29) is 0 Å². The Morgan fingerprint density at radius 3 is 2.65 bits per heavy atom. The third-order valence-electron chi connectivity index (χ3n) is 3.47. The maximum atomic E-state index is 3.58. The van der Waals surface area contributed by atoms with Gasteiger partial charge in [-0.2, -0.15) is 0 Å². The third kappa shape index (κ3) is 3.78. The maximum absolute atomic E-state index is 3.58.